The number of rotatable bonds is 2. The summed E-state index contributed by atoms with van der Waals surface area (Å²) in [7, 11) is 0. The molecule has 2 rings (SSSR count). The first-order chi connectivity index (χ1) is 6.45. The van der Waals surface area contributed by atoms with Crippen LogP contribution in [0, 0.1) is 18.5 Å². The van der Waals surface area contributed by atoms with Gasteiger partial charge in [0.25, 0.3) is 0 Å². The maximum Gasteiger partial charge on any atom is 0.0872 e. The molecule has 1 nitrogen and oxygen atoms in total. The van der Waals surface area contributed by atoms with Gasteiger partial charge in [-0.25, -0.2) is 0 Å². The van der Waals surface area contributed by atoms with E-state index in [-0.39, 0.29) is 0 Å². The second-order valence-electron chi connectivity index (χ2n) is 3.13. The first kappa shape index (κ1) is 8.19. The molecule has 0 spiro atoms. The van der Waals surface area contributed by atoms with E-state index in [0.29, 0.717) is 0 Å². The van der Waals surface area contributed by atoms with E-state index in [9.17, 15) is 0 Å². The lowest BCUT2D eigenvalue weighted by molar-refractivity contribution is 0.467. The van der Waals surface area contributed by atoms with Crippen molar-refractivity contribution < 1.29 is 0 Å². The van der Waals surface area contributed by atoms with Gasteiger partial charge in [-0.15, -0.1) is 0 Å². The van der Waals surface area contributed by atoms with Crippen LogP contribution in [-0.4, -0.2) is 11.4 Å². The molecule has 0 unspecified atom stereocenters. The SMILES string of the molecule is C1#CN([CH]c2ccccc2)CCC1. The summed E-state index contributed by atoms with van der Waals surface area (Å²) < 4.78 is 0. The molecule has 1 aliphatic rings. The normalized spacial score (nSPS) is 14.9. The van der Waals surface area contributed by atoms with E-state index in [4.69, 9.17) is 0 Å². The lowest BCUT2D eigenvalue weighted by Crippen LogP contribution is -2.18. The molecule has 0 atom stereocenters. The fourth-order valence-corrected chi connectivity index (χ4v) is 1.37. The molecule has 0 aromatic heterocycles. The molecule has 0 bridgehead atoms. The van der Waals surface area contributed by atoms with Crippen molar-refractivity contribution in [1.82, 2.24) is 4.90 Å². The predicted octanol–water partition coefficient (Wildman–Crippen LogP) is 2.25. The molecule has 1 heteroatoms. The molecule has 0 fully saturated rings. The highest BCUT2D eigenvalue weighted by Gasteiger charge is 2.03. The van der Waals surface area contributed by atoms with Gasteiger partial charge in [0.05, 0.1) is 6.54 Å². The Kier molecular flexibility index (Phi) is 2.52. The van der Waals surface area contributed by atoms with Gasteiger partial charge < -0.3 is 4.90 Å². The van der Waals surface area contributed by atoms with Gasteiger partial charge in [-0.3, -0.25) is 0 Å². The Morgan fingerprint density at radius 1 is 1.23 bits per heavy atom. The summed E-state index contributed by atoms with van der Waals surface area (Å²) in [5, 5.41) is 0. The Labute approximate surface area is 79.4 Å². The topological polar surface area (TPSA) is 3.24 Å². The van der Waals surface area contributed by atoms with E-state index in [1.807, 2.05) is 18.2 Å². The maximum atomic E-state index is 3.10. The zero-order valence-electron chi connectivity index (χ0n) is 7.53. The molecule has 0 saturated carbocycles. The number of hydrogen-bond donors (Lipinski definition) is 0. The van der Waals surface area contributed by atoms with Crippen LogP contribution in [0.4, 0.5) is 0 Å². The largest absolute Gasteiger partial charge is 0.323 e. The molecular weight excluding hydrogens is 158 g/mol. The molecule has 1 aliphatic heterocycles. The van der Waals surface area contributed by atoms with Crippen LogP contribution in [0.1, 0.15) is 18.4 Å². The standard InChI is InChI=1S/C12H12N/c1-3-7-12(8-4-1)11-13-9-5-2-6-10-13/h1,3-4,7-8,11H,2,5,9H2. The number of nitrogens with zero attached hydrogens (tertiary/aromatic N) is 1. The average molecular weight is 170 g/mol. The van der Waals surface area contributed by atoms with Crippen molar-refractivity contribution in [3.05, 3.63) is 42.4 Å². The Morgan fingerprint density at radius 3 is 2.77 bits per heavy atom. The molecule has 0 N–H and O–H groups in total. The van der Waals surface area contributed by atoms with Gasteiger partial charge in [-0.05, 0) is 12.0 Å². The summed E-state index contributed by atoms with van der Waals surface area (Å²) in [5.41, 5.74) is 1.22. The minimum absolute atomic E-state index is 1.04. The van der Waals surface area contributed by atoms with Crippen LogP contribution in [0.15, 0.2) is 30.3 Å². The first-order valence-electron chi connectivity index (χ1n) is 4.60. The fourth-order valence-electron chi connectivity index (χ4n) is 1.37. The zero-order valence-corrected chi connectivity index (χ0v) is 7.53. The lowest BCUT2D eigenvalue weighted by Gasteiger charge is -2.18. The van der Waals surface area contributed by atoms with Crippen molar-refractivity contribution in [2.45, 2.75) is 12.8 Å². The predicted molar refractivity (Wildman–Crippen MR) is 53.6 cm³/mol. The average Bonchev–Trinajstić information content (AvgIpc) is 2.21. The van der Waals surface area contributed by atoms with E-state index in [2.05, 4.69) is 35.5 Å². The van der Waals surface area contributed by atoms with E-state index in [1.165, 1.54) is 12.0 Å². The van der Waals surface area contributed by atoms with Gasteiger partial charge >= 0.3 is 0 Å². The summed E-state index contributed by atoms with van der Waals surface area (Å²) in [5.74, 6) is 3.10. The van der Waals surface area contributed by atoms with Crippen molar-refractivity contribution >= 4 is 0 Å². The molecule has 13 heavy (non-hydrogen) atoms. The quantitative estimate of drug-likeness (QED) is 0.615. The summed E-state index contributed by atoms with van der Waals surface area (Å²) in [6.07, 6.45) is 2.22. The smallest absolute Gasteiger partial charge is 0.0872 e. The molecule has 1 aromatic rings. The Hall–Kier alpha value is -1.42. The van der Waals surface area contributed by atoms with Gasteiger partial charge in [-0.1, -0.05) is 36.3 Å². The monoisotopic (exact) mass is 170 g/mol. The molecule has 0 amide bonds. The highest BCUT2D eigenvalue weighted by Crippen LogP contribution is 2.08. The molecule has 1 heterocycles. The number of hydrogen-bond acceptors (Lipinski definition) is 1. The molecule has 65 valence electrons. The Balaban J connectivity index is 2.00. The third-order valence-corrected chi connectivity index (χ3v) is 2.03. The van der Waals surface area contributed by atoms with E-state index in [1.54, 1.807) is 0 Å². The van der Waals surface area contributed by atoms with E-state index in [0.717, 1.165) is 13.0 Å². The van der Waals surface area contributed by atoms with Crippen molar-refractivity contribution in [3.8, 4) is 12.0 Å². The van der Waals surface area contributed by atoms with Crippen LogP contribution in [0.2, 0.25) is 0 Å². The highest BCUT2D eigenvalue weighted by molar-refractivity contribution is 5.24. The van der Waals surface area contributed by atoms with E-state index < -0.39 is 0 Å². The third-order valence-electron chi connectivity index (χ3n) is 2.03. The molecule has 1 aromatic carbocycles. The van der Waals surface area contributed by atoms with Gasteiger partial charge in [0.15, 0.2) is 0 Å². The lowest BCUT2D eigenvalue weighted by atomic mass is 10.2. The summed E-state index contributed by atoms with van der Waals surface area (Å²) in [6, 6.07) is 13.4. The first-order valence-corrected chi connectivity index (χ1v) is 4.60. The van der Waals surface area contributed by atoms with E-state index >= 15 is 0 Å². The summed E-state index contributed by atoms with van der Waals surface area (Å²) in [4.78, 5) is 2.07. The van der Waals surface area contributed by atoms with Crippen molar-refractivity contribution in [2.24, 2.45) is 0 Å². The highest BCUT2D eigenvalue weighted by atomic mass is 15.1. The van der Waals surface area contributed by atoms with Gasteiger partial charge in [-0.2, -0.15) is 0 Å². The van der Waals surface area contributed by atoms with Crippen molar-refractivity contribution in [1.29, 1.82) is 0 Å². The number of benzene rings is 1. The Bertz CT molecular complexity index is 318. The molecule has 1 radical (unpaired) electrons. The summed E-state index contributed by atoms with van der Waals surface area (Å²) in [6.45, 7) is 3.16. The fraction of sp³-hybridized carbons (Fsp3) is 0.250. The minimum Gasteiger partial charge on any atom is -0.323 e. The van der Waals surface area contributed by atoms with Crippen LogP contribution in [0.5, 0.6) is 0 Å². The summed E-state index contributed by atoms with van der Waals surface area (Å²) >= 11 is 0. The second-order valence-corrected chi connectivity index (χ2v) is 3.13. The third kappa shape index (κ3) is 2.26. The molecule has 0 aliphatic carbocycles. The Morgan fingerprint density at radius 2 is 2.08 bits per heavy atom. The van der Waals surface area contributed by atoms with Gasteiger partial charge in [0, 0.05) is 19.0 Å². The molecule has 0 saturated heterocycles. The van der Waals surface area contributed by atoms with Gasteiger partial charge in [0.2, 0.25) is 0 Å². The molecular formula is C12H12N. The minimum atomic E-state index is 1.04. The van der Waals surface area contributed by atoms with Crippen LogP contribution in [0.3, 0.4) is 0 Å². The second kappa shape index (κ2) is 4.00. The van der Waals surface area contributed by atoms with Crippen LogP contribution in [0.25, 0.3) is 0 Å². The van der Waals surface area contributed by atoms with Crippen LogP contribution in [-0.2, 0) is 0 Å². The van der Waals surface area contributed by atoms with Crippen LogP contribution < -0.4 is 0 Å². The zero-order chi connectivity index (χ0) is 8.93. The van der Waals surface area contributed by atoms with Gasteiger partial charge in [0.1, 0.15) is 0 Å². The maximum absolute atomic E-state index is 3.10. The van der Waals surface area contributed by atoms with Crippen molar-refractivity contribution in [2.75, 3.05) is 6.54 Å². The van der Waals surface area contributed by atoms with Crippen molar-refractivity contribution in [3.63, 3.8) is 0 Å². The van der Waals surface area contributed by atoms with Crippen LogP contribution >= 0.6 is 0 Å².